The van der Waals surface area contributed by atoms with Crippen molar-refractivity contribution in [3.63, 3.8) is 0 Å². The molecule has 0 bridgehead atoms. The van der Waals surface area contributed by atoms with Crippen LogP contribution in [-0.2, 0) is 0 Å². The summed E-state index contributed by atoms with van der Waals surface area (Å²) in [5.74, 6) is 0.0641. The Hall–Kier alpha value is -2.96. The van der Waals surface area contributed by atoms with Gasteiger partial charge in [-0.05, 0) is 36.2 Å². The van der Waals surface area contributed by atoms with E-state index < -0.39 is 0 Å². The quantitative estimate of drug-likeness (QED) is 0.484. The fraction of sp³-hybridized carbons (Fsp3) is 0.273. The summed E-state index contributed by atoms with van der Waals surface area (Å²) in [6.45, 7) is 2.53. The van der Waals surface area contributed by atoms with Gasteiger partial charge >= 0.3 is 0 Å². The van der Waals surface area contributed by atoms with E-state index in [0.717, 1.165) is 34.8 Å². The first-order chi connectivity index (χ1) is 13.7. The van der Waals surface area contributed by atoms with E-state index in [0.29, 0.717) is 6.54 Å². The van der Waals surface area contributed by atoms with Crippen LogP contribution >= 0.6 is 0 Å². The molecule has 1 aliphatic rings. The smallest absolute Gasteiger partial charge is 0.108 e. The first-order valence-electron chi connectivity index (χ1n) is 9.61. The minimum atomic E-state index is -0.0783. The van der Waals surface area contributed by atoms with E-state index in [-0.39, 0.29) is 18.7 Å². The predicted octanol–water partition coefficient (Wildman–Crippen LogP) is 2.74. The van der Waals surface area contributed by atoms with Crippen LogP contribution in [0.4, 0.5) is 11.4 Å². The molecular formula is C22H29N5O. The van der Waals surface area contributed by atoms with Gasteiger partial charge in [0.1, 0.15) is 6.17 Å². The van der Waals surface area contributed by atoms with Gasteiger partial charge in [0.15, 0.2) is 0 Å². The molecule has 0 aliphatic carbocycles. The molecule has 6 nitrogen and oxygen atoms in total. The van der Waals surface area contributed by atoms with Crippen LogP contribution in [0.1, 0.15) is 18.9 Å². The third kappa shape index (κ3) is 4.13. The average Bonchev–Trinajstić information content (AvgIpc) is 3.09. The predicted molar refractivity (Wildman–Crippen MR) is 115 cm³/mol. The molecule has 7 N–H and O–H groups in total. The highest BCUT2D eigenvalue weighted by molar-refractivity contribution is 5.72. The standard InChI is InChI=1S/C22H29N5O/c1-2-16(15-28)22-26-21(20(14-24)27(22)13-12-23)17-8-10-19(11-9-17)25-18-6-4-3-5-7-18/h3-13,16,22,25-26,28H,2,14-15,23-24H2,1H3/b13-12-. The number of nitrogens with zero attached hydrogens (tertiary/aromatic N) is 1. The monoisotopic (exact) mass is 379 g/mol. The molecular weight excluding hydrogens is 350 g/mol. The van der Waals surface area contributed by atoms with Crippen molar-refractivity contribution in [2.45, 2.75) is 19.5 Å². The number of para-hydroxylation sites is 1. The highest BCUT2D eigenvalue weighted by Gasteiger charge is 2.34. The molecule has 0 amide bonds. The lowest BCUT2D eigenvalue weighted by atomic mass is 10.0. The molecule has 2 aromatic rings. The van der Waals surface area contributed by atoms with Crippen molar-refractivity contribution in [3.05, 3.63) is 78.3 Å². The summed E-state index contributed by atoms with van der Waals surface area (Å²) in [5.41, 5.74) is 16.8. The van der Waals surface area contributed by atoms with Gasteiger partial charge < -0.3 is 32.1 Å². The zero-order valence-electron chi connectivity index (χ0n) is 16.2. The number of benzene rings is 2. The van der Waals surface area contributed by atoms with Gasteiger partial charge in [-0.2, -0.15) is 0 Å². The molecule has 2 atom stereocenters. The first kappa shape index (κ1) is 19.8. The Balaban J connectivity index is 1.86. The van der Waals surface area contributed by atoms with Crippen molar-refractivity contribution in [1.29, 1.82) is 0 Å². The van der Waals surface area contributed by atoms with E-state index in [1.54, 1.807) is 0 Å². The molecule has 1 aliphatic heterocycles. The van der Waals surface area contributed by atoms with Gasteiger partial charge in [0.2, 0.25) is 0 Å². The van der Waals surface area contributed by atoms with Gasteiger partial charge in [-0.3, -0.25) is 0 Å². The van der Waals surface area contributed by atoms with Gasteiger partial charge in [0.25, 0.3) is 0 Å². The lowest BCUT2D eigenvalue weighted by Gasteiger charge is -2.30. The SMILES string of the molecule is CCC(CO)C1NC(c2ccc(Nc3ccccc3)cc2)=C(CN)N1/C=C\N. The normalized spacial score (nSPS) is 17.8. The third-order valence-electron chi connectivity index (χ3n) is 5.07. The van der Waals surface area contributed by atoms with Crippen molar-refractivity contribution < 1.29 is 5.11 Å². The molecule has 1 heterocycles. The van der Waals surface area contributed by atoms with Crippen LogP contribution in [-0.4, -0.2) is 29.3 Å². The van der Waals surface area contributed by atoms with E-state index in [2.05, 4.69) is 29.7 Å². The van der Waals surface area contributed by atoms with Crippen LogP contribution < -0.4 is 22.1 Å². The van der Waals surface area contributed by atoms with E-state index in [1.807, 2.05) is 53.6 Å². The van der Waals surface area contributed by atoms with E-state index in [1.165, 1.54) is 6.20 Å². The lowest BCUT2D eigenvalue weighted by molar-refractivity contribution is 0.144. The zero-order chi connectivity index (χ0) is 19.9. The summed E-state index contributed by atoms with van der Waals surface area (Å²) >= 11 is 0. The molecule has 0 spiro atoms. The average molecular weight is 380 g/mol. The Bertz CT molecular complexity index is 813. The van der Waals surface area contributed by atoms with Gasteiger partial charge in [-0.25, -0.2) is 0 Å². The number of hydrogen-bond acceptors (Lipinski definition) is 6. The number of hydrogen-bond donors (Lipinski definition) is 5. The van der Waals surface area contributed by atoms with E-state index in [9.17, 15) is 5.11 Å². The van der Waals surface area contributed by atoms with Crippen molar-refractivity contribution in [1.82, 2.24) is 10.2 Å². The second-order valence-electron chi connectivity index (χ2n) is 6.78. The van der Waals surface area contributed by atoms with Crippen molar-refractivity contribution in [2.75, 3.05) is 18.5 Å². The van der Waals surface area contributed by atoms with Crippen LogP contribution in [0.5, 0.6) is 0 Å². The summed E-state index contributed by atoms with van der Waals surface area (Å²) in [4.78, 5) is 2.04. The lowest BCUT2D eigenvalue weighted by Crippen LogP contribution is -2.42. The molecule has 148 valence electrons. The summed E-state index contributed by atoms with van der Waals surface area (Å²) in [5, 5.41) is 16.7. The topological polar surface area (TPSA) is 99.6 Å². The Kier molecular flexibility index (Phi) is 6.57. The summed E-state index contributed by atoms with van der Waals surface area (Å²) < 4.78 is 0. The van der Waals surface area contributed by atoms with Gasteiger partial charge in [0, 0.05) is 42.8 Å². The largest absolute Gasteiger partial charge is 0.403 e. The van der Waals surface area contributed by atoms with Gasteiger partial charge in [-0.1, -0.05) is 37.3 Å². The summed E-state index contributed by atoms with van der Waals surface area (Å²) in [6, 6.07) is 18.3. The molecule has 2 unspecified atom stereocenters. The molecule has 0 fully saturated rings. The van der Waals surface area contributed by atoms with E-state index in [4.69, 9.17) is 11.5 Å². The second kappa shape index (κ2) is 9.30. The fourth-order valence-corrected chi connectivity index (χ4v) is 3.54. The van der Waals surface area contributed by atoms with Crippen LogP contribution in [0.15, 0.2) is 72.7 Å². The number of nitrogens with two attached hydrogens (primary N) is 2. The molecule has 3 rings (SSSR count). The maximum absolute atomic E-state index is 9.78. The number of nitrogens with one attached hydrogen (secondary N) is 2. The van der Waals surface area contributed by atoms with E-state index >= 15 is 0 Å². The van der Waals surface area contributed by atoms with Gasteiger partial charge in [0.05, 0.1) is 11.4 Å². The molecule has 2 aromatic carbocycles. The maximum atomic E-state index is 9.78. The molecule has 0 radical (unpaired) electrons. The number of aliphatic hydroxyl groups is 1. The molecule has 0 saturated heterocycles. The van der Waals surface area contributed by atoms with Crippen LogP contribution in [0.2, 0.25) is 0 Å². The Morgan fingerprint density at radius 2 is 1.82 bits per heavy atom. The van der Waals surface area contributed by atoms with Crippen LogP contribution in [0.3, 0.4) is 0 Å². The minimum Gasteiger partial charge on any atom is -0.403 e. The second-order valence-corrected chi connectivity index (χ2v) is 6.78. The summed E-state index contributed by atoms with van der Waals surface area (Å²) in [6.07, 6.45) is 4.08. The highest BCUT2D eigenvalue weighted by Crippen LogP contribution is 2.32. The molecule has 28 heavy (non-hydrogen) atoms. The number of aliphatic hydroxyl groups excluding tert-OH is 1. The van der Waals surface area contributed by atoms with Gasteiger partial charge in [-0.15, -0.1) is 0 Å². The van der Waals surface area contributed by atoms with Crippen molar-refractivity contribution in [2.24, 2.45) is 17.4 Å². The first-order valence-corrected chi connectivity index (χ1v) is 9.61. The third-order valence-corrected chi connectivity index (χ3v) is 5.07. The Labute approximate surface area is 166 Å². The Morgan fingerprint density at radius 3 is 2.39 bits per heavy atom. The van der Waals surface area contributed by atoms with Crippen molar-refractivity contribution >= 4 is 17.1 Å². The highest BCUT2D eigenvalue weighted by atomic mass is 16.3. The fourth-order valence-electron chi connectivity index (χ4n) is 3.54. The van der Waals surface area contributed by atoms with Crippen LogP contribution in [0.25, 0.3) is 5.70 Å². The minimum absolute atomic E-state index is 0.0641. The summed E-state index contributed by atoms with van der Waals surface area (Å²) in [7, 11) is 0. The number of anilines is 2. The van der Waals surface area contributed by atoms with Crippen molar-refractivity contribution in [3.8, 4) is 0 Å². The zero-order valence-corrected chi connectivity index (χ0v) is 16.2. The Morgan fingerprint density at radius 1 is 1.14 bits per heavy atom. The molecule has 0 aromatic heterocycles. The molecule has 6 heteroatoms. The molecule has 0 saturated carbocycles. The number of rotatable bonds is 8. The van der Waals surface area contributed by atoms with Crippen LogP contribution in [0, 0.1) is 5.92 Å². The maximum Gasteiger partial charge on any atom is 0.108 e.